The number of carbonyl (C=O) groups excluding carboxylic acids is 1. The van der Waals surface area contributed by atoms with Crippen LogP contribution in [-0.4, -0.2) is 18.0 Å². The third kappa shape index (κ3) is 3.86. The largest absolute Gasteiger partial charge is 0.494 e. The zero-order chi connectivity index (χ0) is 21.4. The van der Waals surface area contributed by atoms with Crippen molar-refractivity contribution in [2.24, 2.45) is 0 Å². The number of hydrogen-bond donors (Lipinski definition) is 1. The summed E-state index contributed by atoms with van der Waals surface area (Å²) in [5.74, 6) is 0.362. The summed E-state index contributed by atoms with van der Waals surface area (Å²) < 4.78 is 11.2. The lowest BCUT2D eigenvalue weighted by Crippen LogP contribution is -2.14. The van der Waals surface area contributed by atoms with Crippen molar-refractivity contribution in [3.05, 3.63) is 75.3 Å². The van der Waals surface area contributed by atoms with E-state index < -0.39 is 0 Å². The van der Waals surface area contributed by atoms with E-state index in [9.17, 15) is 4.79 Å². The van der Waals surface area contributed by atoms with Crippen molar-refractivity contribution in [2.45, 2.75) is 13.8 Å². The maximum Gasteiger partial charge on any atom is 0.259 e. The standard InChI is InChI=1S/C23H18Cl2N2O3/c1-12-4-7-18-20(8-12)30-23(27-18)14-6-5-13(2)19(9-14)26-22(28)16-10-15(24)11-17(25)21(16)29-3/h4-11H,1-3H3,(H,26,28). The van der Waals surface area contributed by atoms with Gasteiger partial charge in [-0.3, -0.25) is 4.79 Å². The second-order valence-corrected chi connectivity index (χ2v) is 7.79. The van der Waals surface area contributed by atoms with E-state index in [0.717, 1.165) is 27.8 Å². The minimum Gasteiger partial charge on any atom is -0.494 e. The Hall–Kier alpha value is -3.02. The fraction of sp³-hybridized carbons (Fsp3) is 0.130. The molecule has 0 saturated heterocycles. The number of anilines is 1. The summed E-state index contributed by atoms with van der Waals surface area (Å²) in [6, 6.07) is 14.5. The lowest BCUT2D eigenvalue weighted by molar-refractivity contribution is 0.102. The lowest BCUT2D eigenvalue weighted by Gasteiger charge is -2.13. The highest BCUT2D eigenvalue weighted by Gasteiger charge is 2.18. The molecule has 1 heterocycles. The van der Waals surface area contributed by atoms with E-state index in [0.29, 0.717) is 16.6 Å². The molecule has 0 atom stereocenters. The highest BCUT2D eigenvalue weighted by atomic mass is 35.5. The molecule has 30 heavy (non-hydrogen) atoms. The smallest absolute Gasteiger partial charge is 0.259 e. The molecule has 0 unspecified atom stereocenters. The zero-order valence-electron chi connectivity index (χ0n) is 16.5. The topological polar surface area (TPSA) is 64.4 Å². The first kappa shape index (κ1) is 20.3. The molecule has 0 spiro atoms. The second-order valence-electron chi connectivity index (χ2n) is 6.94. The van der Waals surface area contributed by atoms with Crippen molar-refractivity contribution < 1.29 is 13.9 Å². The fourth-order valence-corrected chi connectivity index (χ4v) is 3.74. The molecule has 0 aliphatic heterocycles. The first-order chi connectivity index (χ1) is 14.4. The van der Waals surface area contributed by atoms with Crippen LogP contribution in [0.5, 0.6) is 5.75 Å². The summed E-state index contributed by atoms with van der Waals surface area (Å²) in [6.45, 7) is 3.90. The molecule has 152 valence electrons. The SMILES string of the molecule is COc1c(Cl)cc(Cl)cc1C(=O)Nc1cc(-c2nc3ccc(C)cc3o2)ccc1C. The van der Waals surface area contributed by atoms with E-state index in [-0.39, 0.29) is 22.2 Å². The molecule has 4 rings (SSSR count). The van der Waals surface area contributed by atoms with Gasteiger partial charge in [0.15, 0.2) is 5.58 Å². The number of methoxy groups -OCH3 is 1. The van der Waals surface area contributed by atoms with Gasteiger partial charge in [0.2, 0.25) is 5.89 Å². The molecule has 1 amide bonds. The van der Waals surface area contributed by atoms with Crippen LogP contribution in [0.2, 0.25) is 10.0 Å². The number of benzene rings is 3. The van der Waals surface area contributed by atoms with E-state index in [2.05, 4.69) is 10.3 Å². The van der Waals surface area contributed by atoms with E-state index in [1.165, 1.54) is 19.2 Å². The zero-order valence-corrected chi connectivity index (χ0v) is 18.1. The molecular formula is C23H18Cl2N2O3. The first-order valence-electron chi connectivity index (χ1n) is 9.18. The number of aryl methyl sites for hydroxylation is 2. The molecule has 1 aromatic heterocycles. The van der Waals surface area contributed by atoms with Crippen LogP contribution in [0.25, 0.3) is 22.6 Å². The van der Waals surface area contributed by atoms with Crippen LogP contribution in [0.4, 0.5) is 5.69 Å². The Morgan fingerprint density at radius 3 is 2.63 bits per heavy atom. The van der Waals surface area contributed by atoms with Gasteiger partial charge in [-0.25, -0.2) is 4.98 Å². The summed E-state index contributed by atoms with van der Waals surface area (Å²) in [5, 5.41) is 3.51. The molecule has 0 aliphatic carbocycles. The van der Waals surface area contributed by atoms with Gasteiger partial charge in [-0.15, -0.1) is 0 Å². The van der Waals surface area contributed by atoms with Crippen molar-refractivity contribution in [3.8, 4) is 17.2 Å². The Balaban J connectivity index is 1.69. The normalized spacial score (nSPS) is 11.0. The van der Waals surface area contributed by atoms with E-state index >= 15 is 0 Å². The van der Waals surface area contributed by atoms with Crippen LogP contribution in [0.1, 0.15) is 21.5 Å². The Labute approximate surface area is 183 Å². The van der Waals surface area contributed by atoms with Gasteiger partial charge in [-0.05, 0) is 61.4 Å². The van der Waals surface area contributed by atoms with Gasteiger partial charge in [0.25, 0.3) is 5.91 Å². The number of nitrogens with zero attached hydrogens (tertiary/aromatic N) is 1. The van der Waals surface area contributed by atoms with Crippen LogP contribution < -0.4 is 10.1 Å². The van der Waals surface area contributed by atoms with Gasteiger partial charge in [-0.2, -0.15) is 0 Å². The molecule has 0 saturated carbocycles. The Bertz CT molecular complexity index is 1280. The third-order valence-corrected chi connectivity index (χ3v) is 5.23. The number of nitrogens with one attached hydrogen (secondary N) is 1. The van der Waals surface area contributed by atoms with Crippen LogP contribution >= 0.6 is 23.2 Å². The van der Waals surface area contributed by atoms with Gasteiger partial charge < -0.3 is 14.5 Å². The monoisotopic (exact) mass is 440 g/mol. The number of carbonyl (C=O) groups is 1. The number of amides is 1. The molecule has 5 nitrogen and oxygen atoms in total. The summed E-state index contributed by atoms with van der Waals surface area (Å²) >= 11 is 12.2. The average molecular weight is 441 g/mol. The molecule has 0 bridgehead atoms. The van der Waals surface area contributed by atoms with E-state index in [1.54, 1.807) is 0 Å². The predicted octanol–water partition coefficient (Wildman–Crippen LogP) is 6.68. The van der Waals surface area contributed by atoms with Crippen molar-refractivity contribution in [1.82, 2.24) is 4.98 Å². The molecule has 7 heteroatoms. The lowest BCUT2D eigenvalue weighted by atomic mass is 10.1. The number of halogens is 2. The Morgan fingerprint density at radius 1 is 1.07 bits per heavy atom. The number of hydrogen-bond acceptors (Lipinski definition) is 4. The number of ether oxygens (including phenoxy) is 1. The van der Waals surface area contributed by atoms with E-state index in [4.69, 9.17) is 32.4 Å². The third-order valence-electron chi connectivity index (χ3n) is 4.73. The number of aromatic nitrogens is 1. The van der Waals surface area contributed by atoms with Crippen molar-refractivity contribution in [3.63, 3.8) is 0 Å². The summed E-state index contributed by atoms with van der Waals surface area (Å²) in [5.41, 5.74) is 5.09. The highest BCUT2D eigenvalue weighted by molar-refractivity contribution is 6.36. The highest BCUT2D eigenvalue weighted by Crippen LogP contribution is 2.33. The van der Waals surface area contributed by atoms with Crippen LogP contribution in [0.3, 0.4) is 0 Å². The molecule has 0 fully saturated rings. The molecular weight excluding hydrogens is 423 g/mol. The quantitative estimate of drug-likeness (QED) is 0.384. The minimum absolute atomic E-state index is 0.247. The van der Waals surface area contributed by atoms with Gasteiger partial charge in [0.1, 0.15) is 11.3 Å². The molecule has 0 radical (unpaired) electrons. The number of fused-ring (bicyclic) bond motifs is 1. The van der Waals surface area contributed by atoms with Gasteiger partial charge in [-0.1, -0.05) is 35.3 Å². The number of oxazole rings is 1. The van der Waals surface area contributed by atoms with Crippen LogP contribution in [0, 0.1) is 13.8 Å². The van der Waals surface area contributed by atoms with Crippen molar-refractivity contribution in [2.75, 3.05) is 12.4 Å². The van der Waals surface area contributed by atoms with Crippen molar-refractivity contribution >= 4 is 45.9 Å². The minimum atomic E-state index is -0.385. The predicted molar refractivity (Wildman–Crippen MR) is 120 cm³/mol. The summed E-state index contributed by atoms with van der Waals surface area (Å²) in [4.78, 5) is 17.5. The van der Waals surface area contributed by atoms with Gasteiger partial charge in [0, 0.05) is 16.3 Å². The van der Waals surface area contributed by atoms with Gasteiger partial charge in [0.05, 0.1) is 17.7 Å². The fourth-order valence-electron chi connectivity index (χ4n) is 3.17. The Kier molecular flexibility index (Phi) is 5.41. The first-order valence-corrected chi connectivity index (χ1v) is 9.94. The maximum absolute atomic E-state index is 12.9. The molecule has 1 N–H and O–H groups in total. The van der Waals surface area contributed by atoms with Crippen LogP contribution in [0.15, 0.2) is 52.9 Å². The number of rotatable bonds is 4. The van der Waals surface area contributed by atoms with Crippen LogP contribution in [-0.2, 0) is 0 Å². The van der Waals surface area contributed by atoms with E-state index in [1.807, 2.05) is 50.2 Å². The van der Waals surface area contributed by atoms with Gasteiger partial charge >= 0.3 is 0 Å². The molecule has 4 aromatic rings. The molecule has 3 aromatic carbocycles. The maximum atomic E-state index is 12.9. The summed E-state index contributed by atoms with van der Waals surface area (Å²) in [6.07, 6.45) is 0. The van der Waals surface area contributed by atoms with Crippen molar-refractivity contribution in [1.29, 1.82) is 0 Å². The average Bonchev–Trinajstić information content (AvgIpc) is 3.12. The Morgan fingerprint density at radius 2 is 1.87 bits per heavy atom. The molecule has 0 aliphatic rings. The summed E-state index contributed by atoms with van der Waals surface area (Å²) in [7, 11) is 1.45. The second kappa shape index (κ2) is 8.01.